The van der Waals surface area contributed by atoms with Gasteiger partial charge in [-0.2, -0.15) is 5.10 Å². The van der Waals surface area contributed by atoms with E-state index in [0.29, 0.717) is 16.4 Å². The Kier molecular flexibility index (Phi) is 3.86. The number of hydrogen-bond acceptors (Lipinski definition) is 2. The van der Waals surface area contributed by atoms with Crippen molar-refractivity contribution in [1.29, 1.82) is 0 Å². The molecule has 94 valence electrons. The van der Waals surface area contributed by atoms with Gasteiger partial charge >= 0.3 is 0 Å². The molecule has 0 aliphatic heterocycles. The van der Waals surface area contributed by atoms with Gasteiger partial charge in [0.15, 0.2) is 0 Å². The van der Waals surface area contributed by atoms with Crippen molar-refractivity contribution in [2.24, 2.45) is 7.05 Å². The number of nitrogens with zero attached hydrogens (tertiary/aromatic N) is 2. The van der Waals surface area contributed by atoms with Crippen molar-refractivity contribution in [2.45, 2.75) is 43.5 Å². The second kappa shape index (κ2) is 5.21. The smallest absolute Gasteiger partial charge is 0.254 e. The molecule has 1 heterocycles. The molecular weight excluding hydrogens is 282 g/mol. The standard InChI is InChI=1S/C12H18BrN3O/c1-8-11(7-16(2)15-8)12(17)14-10-5-3-9(13)4-6-10/h7,9-10H,3-6H2,1-2H3,(H,14,17). The summed E-state index contributed by atoms with van der Waals surface area (Å²) >= 11 is 3.62. The van der Waals surface area contributed by atoms with Gasteiger partial charge in [0.1, 0.15) is 0 Å². The second-order valence-electron chi connectivity index (χ2n) is 4.72. The van der Waals surface area contributed by atoms with Crippen molar-refractivity contribution in [3.05, 3.63) is 17.5 Å². The van der Waals surface area contributed by atoms with E-state index in [-0.39, 0.29) is 5.91 Å². The van der Waals surface area contributed by atoms with E-state index in [2.05, 4.69) is 26.3 Å². The summed E-state index contributed by atoms with van der Waals surface area (Å²) in [6.45, 7) is 1.87. The molecule has 1 aromatic heterocycles. The summed E-state index contributed by atoms with van der Waals surface area (Å²) in [5.41, 5.74) is 1.48. The van der Waals surface area contributed by atoms with Crippen LogP contribution in [0.5, 0.6) is 0 Å². The Bertz CT molecular complexity index is 408. The van der Waals surface area contributed by atoms with Crippen molar-refractivity contribution in [2.75, 3.05) is 0 Å². The first-order valence-electron chi connectivity index (χ1n) is 6.01. The summed E-state index contributed by atoms with van der Waals surface area (Å²) in [6.07, 6.45) is 6.16. The molecule has 0 bridgehead atoms. The van der Waals surface area contributed by atoms with Gasteiger partial charge in [0.05, 0.1) is 11.3 Å². The number of rotatable bonds is 2. The van der Waals surface area contributed by atoms with E-state index in [1.807, 2.05) is 14.0 Å². The van der Waals surface area contributed by atoms with E-state index >= 15 is 0 Å². The lowest BCUT2D eigenvalue weighted by molar-refractivity contribution is 0.0927. The molecule has 0 spiro atoms. The molecule has 4 nitrogen and oxygen atoms in total. The number of halogens is 1. The largest absolute Gasteiger partial charge is 0.349 e. The second-order valence-corrected chi connectivity index (χ2v) is 6.02. The van der Waals surface area contributed by atoms with Crippen LogP contribution in [0.1, 0.15) is 41.7 Å². The highest BCUT2D eigenvalue weighted by molar-refractivity contribution is 9.09. The van der Waals surface area contributed by atoms with E-state index in [0.717, 1.165) is 31.4 Å². The number of alkyl halides is 1. The molecule has 1 aliphatic carbocycles. The third-order valence-corrected chi connectivity index (χ3v) is 4.17. The highest BCUT2D eigenvalue weighted by Gasteiger charge is 2.22. The molecular formula is C12H18BrN3O. The van der Waals surface area contributed by atoms with E-state index < -0.39 is 0 Å². The van der Waals surface area contributed by atoms with Crippen LogP contribution < -0.4 is 5.32 Å². The normalized spacial score (nSPS) is 24.6. The number of carbonyl (C=O) groups is 1. The van der Waals surface area contributed by atoms with Crippen LogP contribution in [0.25, 0.3) is 0 Å². The molecule has 2 rings (SSSR count). The Morgan fingerprint density at radius 2 is 2.12 bits per heavy atom. The van der Waals surface area contributed by atoms with Crippen LogP contribution in [-0.4, -0.2) is 26.6 Å². The van der Waals surface area contributed by atoms with Crippen LogP contribution >= 0.6 is 15.9 Å². The van der Waals surface area contributed by atoms with E-state index in [4.69, 9.17) is 0 Å². The van der Waals surface area contributed by atoms with Crippen molar-refractivity contribution in [1.82, 2.24) is 15.1 Å². The van der Waals surface area contributed by atoms with Gasteiger partial charge in [-0.25, -0.2) is 0 Å². The molecule has 1 amide bonds. The number of nitrogens with one attached hydrogen (secondary N) is 1. The average molecular weight is 300 g/mol. The Morgan fingerprint density at radius 1 is 1.47 bits per heavy atom. The predicted molar refractivity (Wildman–Crippen MR) is 70.4 cm³/mol. The van der Waals surface area contributed by atoms with Crippen LogP contribution in [0.3, 0.4) is 0 Å². The number of carbonyl (C=O) groups excluding carboxylic acids is 1. The Balaban J connectivity index is 1.95. The van der Waals surface area contributed by atoms with Gasteiger partial charge in [-0.15, -0.1) is 0 Å². The maximum Gasteiger partial charge on any atom is 0.254 e. The lowest BCUT2D eigenvalue weighted by Gasteiger charge is -2.25. The molecule has 1 N–H and O–H groups in total. The van der Waals surface area contributed by atoms with Crippen LogP contribution in [0.2, 0.25) is 0 Å². The summed E-state index contributed by atoms with van der Waals surface area (Å²) in [6, 6.07) is 0.316. The first-order chi connectivity index (χ1) is 8.06. The molecule has 1 saturated carbocycles. The number of amides is 1. The summed E-state index contributed by atoms with van der Waals surface area (Å²) in [5.74, 6) is 0.00798. The maximum absolute atomic E-state index is 12.1. The molecule has 1 aromatic rings. The van der Waals surface area contributed by atoms with Gasteiger partial charge in [-0.1, -0.05) is 15.9 Å². The van der Waals surface area contributed by atoms with E-state index in [9.17, 15) is 4.79 Å². The van der Waals surface area contributed by atoms with Gasteiger partial charge in [0.2, 0.25) is 0 Å². The summed E-state index contributed by atoms with van der Waals surface area (Å²) in [4.78, 5) is 12.7. The molecule has 0 aromatic carbocycles. The van der Waals surface area contributed by atoms with Gasteiger partial charge in [0.25, 0.3) is 5.91 Å². The fourth-order valence-electron chi connectivity index (χ4n) is 2.28. The molecule has 1 aliphatic rings. The summed E-state index contributed by atoms with van der Waals surface area (Å²) in [5, 5.41) is 7.28. The predicted octanol–water partition coefficient (Wildman–Crippen LogP) is 2.16. The summed E-state index contributed by atoms with van der Waals surface area (Å²) in [7, 11) is 1.83. The Hall–Kier alpha value is -0.840. The van der Waals surface area contributed by atoms with Crippen LogP contribution in [0.15, 0.2) is 6.20 Å². The van der Waals surface area contributed by atoms with Crippen molar-refractivity contribution >= 4 is 21.8 Å². The third kappa shape index (κ3) is 3.09. The lowest BCUT2D eigenvalue weighted by Crippen LogP contribution is -2.37. The van der Waals surface area contributed by atoms with E-state index in [1.54, 1.807) is 10.9 Å². The van der Waals surface area contributed by atoms with Gasteiger partial charge in [0, 0.05) is 24.1 Å². The Labute approximate surface area is 110 Å². The van der Waals surface area contributed by atoms with Gasteiger partial charge in [-0.05, 0) is 32.6 Å². The van der Waals surface area contributed by atoms with Crippen LogP contribution in [0, 0.1) is 6.92 Å². The molecule has 0 atom stereocenters. The van der Waals surface area contributed by atoms with Gasteiger partial charge in [-0.3, -0.25) is 9.48 Å². The summed E-state index contributed by atoms with van der Waals surface area (Å²) < 4.78 is 1.68. The molecule has 17 heavy (non-hydrogen) atoms. The fourth-order valence-corrected chi connectivity index (χ4v) is 2.81. The zero-order valence-electron chi connectivity index (χ0n) is 10.2. The van der Waals surface area contributed by atoms with Crippen molar-refractivity contribution in [3.63, 3.8) is 0 Å². The molecule has 5 heteroatoms. The average Bonchev–Trinajstić information content (AvgIpc) is 2.61. The SMILES string of the molecule is Cc1nn(C)cc1C(=O)NC1CCC(Br)CC1. The number of hydrogen-bond donors (Lipinski definition) is 1. The Morgan fingerprint density at radius 3 is 2.65 bits per heavy atom. The number of aryl methyl sites for hydroxylation is 2. The van der Waals surface area contributed by atoms with Crippen LogP contribution in [-0.2, 0) is 7.05 Å². The minimum Gasteiger partial charge on any atom is -0.349 e. The molecule has 1 fully saturated rings. The zero-order chi connectivity index (χ0) is 12.4. The molecule has 0 radical (unpaired) electrons. The molecule has 0 saturated heterocycles. The minimum absolute atomic E-state index is 0.00798. The fraction of sp³-hybridized carbons (Fsp3) is 0.667. The lowest BCUT2D eigenvalue weighted by atomic mass is 9.95. The monoisotopic (exact) mass is 299 g/mol. The van der Waals surface area contributed by atoms with E-state index in [1.165, 1.54) is 0 Å². The van der Waals surface area contributed by atoms with Crippen LogP contribution in [0.4, 0.5) is 0 Å². The first-order valence-corrected chi connectivity index (χ1v) is 6.93. The topological polar surface area (TPSA) is 46.9 Å². The number of aromatic nitrogens is 2. The van der Waals surface area contributed by atoms with Crippen molar-refractivity contribution < 1.29 is 4.79 Å². The van der Waals surface area contributed by atoms with Gasteiger partial charge < -0.3 is 5.32 Å². The minimum atomic E-state index is 0.00798. The highest BCUT2D eigenvalue weighted by Crippen LogP contribution is 2.24. The quantitative estimate of drug-likeness (QED) is 0.851. The third-order valence-electron chi connectivity index (χ3n) is 3.25. The molecule has 0 unspecified atom stereocenters. The highest BCUT2D eigenvalue weighted by atomic mass is 79.9. The zero-order valence-corrected chi connectivity index (χ0v) is 11.8. The first kappa shape index (κ1) is 12.6. The maximum atomic E-state index is 12.1. The van der Waals surface area contributed by atoms with Crippen molar-refractivity contribution in [3.8, 4) is 0 Å².